The Morgan fingerprint density at radius 3 is 2.25 bits per heavy atom. The van der Waals surface area contributed by atoms with E-state index in [1.54, 1.807) is 6.08 Å². The van der Waals surface area contributed by atoms with Gasteiger partial charge >= 0.3 is 11.9 Å². The van der Waals surface area contributed by atoms with E-state index in [0.29, 0.717) is 24.2 Å². The Hall–Kier alpha value is -1.91. The van der Waals surface area contributed by atoms with Crippen molar-refractivity contribution in [1.82, 2.24) is 0 Å². The molecule has 40 heavy (non-hydrogen) atoms. The zero-order valence-electron chi connectivity index (χ0n) is 26.8. The van der Waals surface area contributed by atoms with Crippen LogP contribution in [0, 0.1) is 5.92 Å². The third-order valence-corrected chi connectivity index (χ3v) is 18.0. The molecule has 0 fully saturated rings. The number of benzene rings is 1. The van der Waals surface area contributed by atoms with Crippen molar-refractivity contribution < 1.29 is 28.3 Å². The second kappa shape index (κ2) is 13.4. The van der Waals surface area contributed by atoms with E-state index in [2.05, 4.69) is 74.7 Å². The van der Waals surface area contributed by atoms with Gasteiger partial charge in [0, 0.05) is 18.9 Å². The van der Waals surface area contributed by atoms with Crippen molar-refractivity contribution >= 4 is 28.6 Å². The first kappa shape index (κ1) is 34.3. The minimum Gasteiger partial charge on any atom is -0.543 e. The van der Waals surface area contributed by atoms with Crippen molar-refractivity contribution in [3.05, 3.63) is 41.5 Å². The highest BCUT2D eigenvalue weighted by atomic mass is 28.4. The van der Waals surface area contributed by atoms with Gasteiger partial charge in [0.1, 0.15) is 17.4 Å². The van der Waals surface area contributed by atoms with Crippen molar-refractivity contribution in [3.8, 4) is 5.75 Å². The SMILES string of the molecule is C[C@H]1CCCCc2cccc(O[Si](C)(C)C(C)(C)C)c2C(=O)O[C@@H](CC=CC(=O)O)C[C@H]1O[Si](C)(C)C(C)(C)C. The second-order valence-corrected chi connectivity index (χ2v) is 24.0. The van der Waals surface area contributed by atoms with Gasteiger partial charge in [-0.2, -0.15) is 0 Å². The molecule has 0 aliphatic carbocycles. The normalized spacial score (nSPS) is 22.2. The Balaban J connectivity index is 2.53. The fraction of sp³-hybridized carbons (Fsp3) is 0.688. The van der Waals surface area contributed by atoms with Gasteiger partial charge in [-0.15, -0.1) is 0 Å². The van der Waals surface area contributed by atoms with Gasteiger partial charge < -0.3 is 18.7 Å². The van der Waals surface area contributed by atoms with E-state index in [1.807, 2.05) is 18.2 Å². The van der Waals surface area contributed by atoms with Gasteiger partial charge in [0.2, 0.25) is 0 Å². The van der Waals surface area contributed by atoms with Gasteiger partial charge in [-0.25, -0.2) is 9.59 Å². The third kappa shape index (κ3) is 9.31. The summed E-state index contributed by atoms with van der Waals surface area (Å²) in [4.78, 5) is 25.2. The number of carbonyl (C=O) groups excluding carboxylic acids is 1. The second-order valence-electron chi connectivity index (χ2n) is 14.5. The van der Waals surface area contributed by atoms with Crippen molar-refractivity contribution in [3.63, 3.8) is 0 Å². The van der Waals surface area contributed by atoms with E-state index in [-0.39, 0.29) is 22.1 Å². The van der Waals surface area contributed by atoms with Crippen LogP contribution >= 0.6 is 0 Å². The lowest BCUT2D eigenvalue weighted by atomic mass is 9.91. The number of cyclic esters (lactones) is 1. The molecule has 0 bridgehead atoms. The van der Waals surface area contributed by atoms with Gasteiger partial charge in [0.25, 0.3) is 8.32 Å². The summed E-state index contributed by atoms with van der Waals surface area (Å²) in [6.07, 6.45) is 6.70. The topological polar surface area (TPSA) is 82.1 Å². The van der Waals surface area contributed by atoms with Crippen LogP contribution in [0.2, 0.25) is 36.3 Å². The van der Waals surface area contributed by atoms with E-state index < -0.39 is 34.7 Å². The largest absolute Gasteiger partial charge is 0.543 e. The fourth-order valence-corrected chi connectivity index (χ4v) is 6.90. The number of aryl methyl sites for hydroxylation is 1. The summed E-state index contributed by atoms with van der Waals surface area (Å²) in [5, 5.41) is 9.21. The average molecular weight is 591 g/mol. The van der Waals surface area contributed by atoms with Crippen LogP contribution in [0.4, 0.5) is 0 Å². The highest BCUT2D eigenvalue weighted by Gasteiger charge is 2.42. The fourth-order valence-electron chi connectivity index (χ4n) is 4.43. The van der Waals surface area contributed by atoms with E-state index in [0.717, 1.165) is 37.3 Å². The average Bonchev–Trinajstić information content (AvgIpc) is 2.78. The molecule has 1 aliphatic rings. The Bertz CT molecular complexity index is 1050. The summed E-state index contributed by atoms with van der Waals surface area (Å²) in [5.74, 6) is -0.547. The van der Waals surface area contributed by atoms with E-state index in [4.69, 9.17) is 13.6 Å². The maximum absolute atomic E-state index is 14.0. The molecule has 1 aliphatic heterocycles. The van der Waals surface area contributed by atoms with Crippen LogP contribution in [-0.4, -0.2) is 45.9 Å². The number of aliphatic carboxylic acids is 1. The predicted octanol–water partition coefficient (Wildman–Crippen LogP) is 8.77. The zero-order chi connectivity index (χ0) is 30.5. The van der Waals surface area contributed by atoms with Gasteiger partial charge in [-0.1, -0.05) is 73.1 Å². The summed E-state index contributed by atoms with van der Waals surface area (Å²) in [7, 11) is -4.32. The molecule has 2 rings (SSSR count). The molecule has 0 amide bonds. The first-order chi connectivity index (χ1) is 18.2. The molecular weight excluding hydrogens is 537 g/mol. The lowest BCUT2D eigenvalue weighted by molar-refractivity contribution is -0.131. The summed E-state index contributed by atoms with van der Waals surface area (Å²) in [6.45, 7) is 24.3. The third-order valence-electron chi connectivity index (χ3n) is 9.16. The molecule has 0 saturated heterocycles. The van der Waals surface area contributed by atoms with Crippen molar-refractivity contribution in [2.45, 2.75) is 135 Å². The Labute approximate surface area is 245 Å². The Morgan fingerprint density at radius 2 is 1.68 bits per heavy atom. The Morgan fingerprint density at radius 1 is 1.05 bits per heavy atom. The summed E-state index contributed by atoms with van der Waals surface area (Å²) < 4.78 is 19.9. The number of ether oxygens (including phenoxy) is 1. The van der Waals surface area contributed by atoms with Crippen LogP contribution in [0.1, 0.15) is 96.5 Å². The molecule has 6 nitrogen and oxygen atoms in total. The molecule has 3 atom stereocenters. The Kier molecular flexibility index (Phi) is 11.5. The first-order valence-corrected chi connectivity index (χ1v) is 20.7. The molecule has 1 N–H and O–H groups in total. The smallest absolute Gasteiger partial charge is 0.342 e. The summed E-state index contributed by atoms with van der Waals surface area (Å²) in [5.41, 5.74) is 1.46. The lowest BCUT2D eigenvalue weighted by Gasteiger charge is -2.42. The summed E-state index contributed by atoms with van der Waals surface area (Å²) in [6, 6.07) is 5.86. The minimum atomic E-state index is -2.22. The van der Waals surface area contributed by atoms with Crippen molar-refractivity contribution in [2.75, 3.05) is 0 Å². The zero-order valence-corrected chi connectivity index (χ0v) is 28.8. The molecule has 0 saturated carbocycles. The lowest BCUT2D eigenvalue weighted by Crippen LogP contribution is -2.46. The minimum absolute atomic E-state index is 0.0282. The van der Waals surface area contributed by atoms with Crippen LogP contribution in [0.15, 0.2) is 30.4 Å². The molecule has 0 unspecified atom stereocenters. The monoisotopic (exact) mass is 590 g/mol. The van der Waals surface area contributed by atoms with Gasteiger partial charge in [-0.3, -0.25) is 0 Å². The number of carboxylic acid groups (broad SMARTS) is 1. The number of carboxylic acids is 1. The van der Waals surface area contributed by atoms with Crippen LogP contribution in [0.25, 0.3) is 0 Å². The molecular formula is C32H54O6Si2. The molecule has 8 heteroatoms. The predicted molar refractivity (Wildman–Crippen MR) is 168 cm³/mol. The van der Waals surface area contributed by atoms with Gasteiger partial charge in [0.15, 0.2) is 8.32 Å². The number of esters is 1. The first-order valence-electron chi connectivity index (χ1n) is 14.8. The van der Waals surface area contributed by atoms with Crippen molar-refractivity contribution in [2.24, 2.45) is 5.92 Å². The van der Waals surface area contributed by atoms with Crippen LogP contribution < -0.4 is 4.43 Å². The molecule has 226 valence electrons. The standard InChI is InChI=1S/C32H54O6Si2/c1-23-16-12-13-17-24-18-14-20-26(37-39(8,9)31(2,3)4)29(24)30(35)36-25(19-15-21-28(33)34)22-27(23)38-40(10,11)32(5,6)7/h14-15,18,20-21,23,25,27H,12-13,16-17,19,22H2,1-11H3,(H,33,34)/t23-,25-,27+/m0/s1. The highest BCUT2D eigenvalue weighted by molar-refractivity contribution is 6.75. The van der Waals surface area contributed by atoms with Gasteiger partial charge in [0.05, 0.1) is 6.10 Å². The van der Waals surface area contributed by atoms with Crippen LogP contribution in [-0.2, 0) is 20.4 Å². The molecule has 0 radical (unpaired) electrons. The van der Waals surface area contributed by atoms with E-state index in [1.165, 1.54) is 0 Å². The quantitative estimate of drug-likeness (QED) is 0.194. The van der Waals surface area contributed by atoms with Crippen LogP contribution in [0.3, 0.4) is 0 Å². The maximum Gasteiger partial charge on any atom is 0.342 e. The van der Waals surface area contributed by atoms with Gasteiger partial charge in [-0.05, 0) is 73.1 Å². The molecule has 1 heterocycles. The van der Waals surface area contributed by atoms with E-state index >= 15 is 0 Å². The van der Waals surface area contributed by atoms with E-state index in [9.17, 15) is 14.7 Å². The number of fused-ring (bicyclic) bond motifs is 1. The maximum atomic E-state index is 14.0. The number of hydrogen-bond acceptors (Lipinski definition) is 5. The number of carbonyl (C=O) groups is 2. The van der Waals surface area contributed by atoms with Crippen molar-refractivity contribution in [1.29, 1.82) is 0 Å². The number of rotatable bonds is 7. The molecule has 1 aromatic carbocycles. The number of hydrogen-bond donors (Lipinski definition) is 1. The van der Waals surface area contributed by atoms with Crippen LogP contribution in [0.5, 0.6) is 5.75 Å². The highest BCUT2D eigenvalue weighted by Crippen LogP contribution is 2.41. The summed E-state index contributed by atoms with van der Waals surface area (Å²) >= 11 is 0. The molecule has 0 aromatic heterocycles. The molecule has 1 aromatic rings. The molecule has 0 spiro atoms.